The Balaban J connectivity index is 1.32. The molecular formula is C20H18N4O4S2. The third-order valence-electron chi connectivity index (χ3n) is 4.82. The normalized spacial score (nSPS) is 14.7. The average molecular weight is 443 g/mol. The number of Topliss-reactive ketones (excluding diaryl/α,β-unsaturated/α-hetero) is 1. The highest BCUT2D eigenvalue weighted by molar-refractivity contribution is 7.99. The van der Waals surface area contributed by atoms with Crippen LogP contribution < -0.4 is 14.8 Å². The number of rotatable bonds is 7. The van der Waals surface area contributed by atoms with Crippen molar-refractivity contribution in [3.8, 4) is 22.2 Å². The van der Waals surface area contributed by atoms with E-state index in [1.165, 1.54) is 18.7 Å². The number of aromatic nitrogens is 3. The molecular weight excluding hydrogens is 424 g/mol. The number of hydrogen-bond acceptors (Lipinski definition) is 8. The summed E-state index contributed by atoms with van der Waals surface area (Å²) in [5, 5.41) is 14.2. The molecule has 0 atom stereocenters. The van der Waals surface area contributed by atoms with Crippen molar-refractivity contribution >= 4 is 40.5 Å². The van der Waals surface area contributed by atoms with Crippen molar-refractivity contribution in [1.29, 1.82) is 0 Å². The van der Waals surface area contributed by atoms with Crippen molar-refractivity contribution in [3.63, 3.8) is 0 Å². The molecule has 1 amide bonds. The van der Waals surface area contributed by atoms with Crippen LogP contribution in [0.15, 0.2) is 34.8 Å². The predicted octanol–water partition coefficient (Wildman–Crippen LogP) is 4.00. The van der Waals surface area contributed by atoms with Gasteiger partial charge in [-0.1, -0.05) is 17.8 Å². The summed E-state index contributed by atoms with van der Waals surface area (Å²) in [5.41, 5.74) is 0.805. The van der Waals surface area contributed by atoms with Crippen molar-refractivity contribution in [2.45, 2.75) is 31.0 Å². The Kier molecular flexibility index (Phi) is 4.95. The minimum absolute atomic E-state index is 0.101. The van der Waals surface area contributed by atoms with Crippen LogP contribution in [0.4, 0.5) is 5.69 Å². The Morgan fingerprint density at radius 2 is 2.07 bits per heavy atom. The second-order valence-corrected chi connectivity index (χ2v) is 8.92. The van der Waals surface area contributed by atoms with E-state index in [0.29, 0.717) is 28.8 Å². The molecule has 0 unspecified atom stereocenters. The van der Waals surface area contributed by atoms with E-state index in [0.717, 1.165) is 28.7 Å². The van der Waals surface area contributed by atoms with Crippen LogP contribution in [0.1, 0.15) is 36.2 Å². The van der Waals surface area contributed by atoms with Gasteiger partial charge in [0.1, 0.15) is 0 Å². The van der Waals surface area contributed by atoms with E-state index in [2.05, 4.69) is 20.1 Å². The van der Waals surface area contributed by atoms with Crippen LogP contribution in [0.25, 0.3) is 10.7 Å². The number of thiophene rings is 1. The smallest absolute Gasteiger partial charge is 0.234 e. The molecule has 5 rings (SSSR count). The molecule has 1 aliphatic carbocycles. The van der Waals surface area contributed by atoms with Gasteiger partial charge < -0.3 is 14.8 Å². The van der Waals surface area contributed by atoms with E-state index in [4.69, 9.17) is 9.47 Å². The molecule has 1 N–H and O–H groups in total. The quantitative estimate of drug-likeness (QED) is 0.436. The second-order valence-electron chi connectivity index (χ2n) is 7.03. The molecule has 154 valence electrons. The van der Waals surface area contributed by atoms with Crippen LogP contribution in [0.5, 0.6) is 11.5 Å². The van der Waals surface area contributed by atoms with Crippen molar-refractivity contribution in [2.75, 3.05) is 17.9 Å². The van der Waals surface area contributed by atoms with Crippen LogP contribution in [-0.2, 0) is 4.79 Å². The Hall–Kier alpha value is -2.85. The number of fused-ring (bicyclic) bond motifs is 1. The fourth-order valence-corrected chi connectivity index (χ4v) is 4.78. The van der Waals surface area contributed by atoms with Gasteiger partial charge in [-0.25, -0.2) is 0 Å². The van der Waals surface area contributed by atoms with Gasteiger partial charge in [-0.15, -0.1) is 21.5 Å². The van der Waals surface area contributed by atoms with Crippen LogP contribution in [0, 0.1) is 0 Å². The summed E-state index contributed by atoms with van der Waals surface area (Å²) in [6.45, 7) is 1.55. The number of anilines is 1. The maximum atomic E-state index is 12.6. The van der Waals surface area contributed by atoms with E-state index >= 15 is 0 Å². The van der Waals surface area contributed by atoms with Crippen LogP contribution >= 0.6 is 23.1 Å². The minimum atomic E-state index is -0.232. The topological polar surface area (TPSA) is 95.3 Å². The highest BCUT2D eigenvalue weighted by Crippen LogP contribution is 2.42. The van der Waals surface area contributed by atoms with Crippen molar-refractivity contribution in [2.24, 2.45) is 0 Å². The van der Waals surface area contributed by atoms with Gasteiger partial charge in [0.05, 0.1) is 16.3 Å². The zero-order valence-electron chi connectivity index (χ0n) is 16.1. The van der Waals surface area contributed by atoms with Gasteiger partial charge in [0.2, 0.25) is 12.7 Å². The van der Waals surface area contributed by atoms with E-state index in [1.807, 2.05) is 17.5 Å². The average Bonchev–Trinajstić information content (AvgIpc) is 3.13. The lowest BCUT2D eigenvalue weighted by atomic mass is 10.1. The van der Waals surface area contributed by atoms with E-state index in [9.17, 15) is 9.59 Å². The summed E-state index contributed by atoms with van der Waals surface area (Å²) < 4.78 is 12.8. The molecule has 3 aromatic rings. The van der Waals surface area contributed by atoms with Gasteiger partial charge in [-0.3, -0.25) is 14.2 Å². The molecule has 3 heterocycles. The van der Waals surface area contributed by atoms with Crippen LogP contribution in [0.2, 0.25) is 0 Å². The Morgan fingerprint density at radius 3 is 2.77 bits per heavy atom. The van der Waals surface area contributed by atoms with Crippen LogP contribution in [0.3, 0.4) is 0 Å². The first-order valence-corrected chi connectivity index (χ1v) is 11.3. The highest BCUT2D eigenvalue weighted by atomic mass is 32.2. The first-order chi connectivity index (χ1) is 14.6. The van der Waals surface area contributed by atoms with Crippen LogP contribution in [-0.4, -0.2) is 39.0 Å². The van der Waals surface area contributed by atoms with Gasteiger partial charge in [-0.05, 0) is 37.3 Å². The maximum Gasteiger partial charge on any atom is 0.234 e. The summed E-state index contributed by atoms with van der Waals surface area (Å²) in [4.78, 5) is 25.7. The fourth-order valence-electron chi connectivity index (χ4n) is 3.26. The number of ketones is 1. The number of nitrogens with zero attached hydrogens (tertiary/aromatic N) is 3. The zero-order valence-corrected chi connectivity index (χ0v) is 17.7. The predicted molar refractivity (Wildman–Crippen MR) is 114 cm³/mol. The van der Waals surface area contributed by atoms with E-state index in [-0.39, 0.29) is 24.2 Å². The number of carbonyl (C=O) groups excluding carboxylic acids is 2. The molecule has 10 heteroatoms. The highest BCUT2D eigenvalue weighted by Gasteiger charge is 2.30. The molecule has 0 spiro atoms. The van der Waals surface area contributed by atoms with Gasteiger partial charge >= 0.3 is 0 Å². The van der Waals surface area contributed by atoms with Crippen molar-refractivity contribution in [1.82, 2.24) is 14.8 Å². The van der Waals surface area contributed by atoms with Crippen molar-refractivity contribution < 1.29 is 19.1 Å². The SMILES string of the molecule is CC(=O)c1cc2c(cc1NC(=O)CSc1nnc(-c3cccs3)n1C1CC1)OCO2. The Morgan fingerprint density at radius 1 is 1.27 bits per heavy atom. The third-order valence-corrected chi connectivity index (χ3v) is 6.63. The molecule has 1 fully saturated rings. The molecule has 30 heavy (non-hydrogen) atoms. The molecule has 8 nitrogen and oxygen atoms in total. The molecule has 1 aromatic carbocycles. The lowest BCUT2D eigenvalue weighted by molar-refractivity contribution is -0.113. The fraction of sp³-hybridized carbons (Fsp3) is 0.300. The molecule has 2 aliphatic rings. The number of nitrogens with one attached hydrogen (secondary N) is 1. The molecule has 0 radical (unpaired) electrons. The second kappa shape index (κ2) is 7.77. The number of carbonyl (C=O) groups is 2. The lowest BCUT2D eigenvalue weighted by Crippen LogP contribution is -2.16. The summed E-state index contributed by atoms with van der Waals surface area (Å²) in [6, 6.07) is 7.64. The molecule has 1 saturated carbocycles. The maximum absolute atomic E-state index is 12.6. The first-order valence-electron chi connectivity index (χ1n) is 9.46. The summed E-state index contributed by atoms with van der Waals surface area (Å²) >= 11 is 2.96. The number of ether oxygens (including phenoxy) is 2. The number of benzene rings is 1. The molecule has 0 saturated heterocycles. The van der Waals surface area contributed by atoms with Crippen molar-refractivity contribution in [3.05, 3.63) is 35.2 Å². The number of amides is 1. The summed E-state index contributed by atoms with van der Waals surface area (Å²) in [6.07, 6.45) is 2.19. The van der Waals surface area contributed by atoms with Gasteiger partial charge in [0, 0.05) is 17.7 Å². The van der Waals surface area contributed by atoms with E-state index in [1.54, 1.807) is 23.5 Å². The largest absolute Gasteiger partial charge is 0.454 e. The Labute approximate surface area is 180 Å². The standard InChI is InChI=1S/C20H18N4O4S2/c1-11(25)13-7-15-16(28-10-27-15)8-14(13)21-18(26)9-30-20-23-22-19(17-3-2-6-29-17)24(20)12-4-5-12/h2-3,6-8,12H,4-5,9-10H2,1H3,(H,21,26). The summed E-state index contributed by atoms with van der Waals surface area (Å²) in [7, 11) is 0. The molecule has 2 aromatic heterocycles. The third kappa shape index (κ3) is 3.68. The molecule has 0 bridgehead atoms. The van der Waals surface area contributed by atoms with E-state index < -0.39 is 0 Å². The monoisotopic (exact) mass is 442 g/mol. The number of hydrogen-bond donors (Lipinski definition) is 1. The van der Waals surface area contributed by atoms with Gasteiger partial charge in [-0.2, -0.15) is 0 Å². The van der Waals surface area contributed by atoms with Gasteiger partial charge in [0.15, 0.2) is 28.3 Å². The van der Waals surface area contributed by atoms with Gasteiger partial charge in [0.25, 0.3) is 0 Å². The lowest BCUT2D eigenvalue weighted by Gasteiger charge is -2.11. The molecule has 1 aliphatic heterocycles. The summed E-state index contributed by atoms with van der Waals surface area (Å²) in [5.74, 6) is 1.63. The number of thioether (sulfide) groups is 1. The zero-order chi connectivity index (χ0) is 20.7. The Bertz CT molecular complexity index is 1120. The first kappa shape index (κ1) is 19.1. The minimum Gasteiger partial charge on any atom is -0.454 e.